The minimum Gasteiger partial charge on any atom is -0.494 e. The molecule has 2 aliphatic rings. The van der Waals surface area contributed by atoms with Gasteiger partial charge in [0.05, 0.1) is 13.2 Å². The first-order chi connectivity index (χ1) is 15.5. The van der Waals surface area contributed by atoms with E-state index >= 15 is 0 Å². The molecule has 0 bridgehead atoms. The van der Waals surface area contributed by atoms with Crippen LogP contribution in [-0.4, -0.2) is 118 Å². The highest BCUT2D eigenvalue weighted by atomic mass is 16.7. The van der Waals surface area contributed by atoms with Gasteiger partial charge in [-0.05, 0) is 0 Å². The fourth-order valence-electron chi connectivity index (χ4n) is 3.94. The van der Waals surface area contributed by atoms with Crippen LogP contribution in [0, 0.1) is 0 Å². The van der Waals surface area contributed by atoms with Crippen LogP contribution in [0.4, 0.5) is 0 Å². The highest BCUT2D eigenvalue weighted by Gasteiger charge is 2.51. The lowest BCUT2D eigenvalue weighted by atomic mass is 9.91. The van der Waals surface area contributed by atoms with Gasteiger partial charge < -0.3 is 55.1 Å². The molecule has 1 aromatic heterocycles. The Balaban J connectivity index is 1.91. The molecule has 2 fully saturated rings. The predicted octanol–water partition coefficient (Wildman–Crippen LogP) is -5.87. The van der Waals surface area contributed by atoms with Crippen LogP contribution < -0.4 is 11.2 Å². The van der Waals surface area contributed by atoms with E-state index in [2.05, 4.69) is 0 Å². The number of rotatable bonds is 5. The van der Waals surface area contributed by atoms with E-state index in [-0.39, 0.29) is 0 Å². The van der Waals surface area contributed by atoms with E-state index in [1.165, 1.54) is 7.05 Å². The fraction of sp³-hybridized carbons (Fsp3) is 0.778. The van der Waals surface area contributed by atoms with Crippen LogP contribution in [0.5, 0.6) is 5.88 Å². The maximum atomic E-state index is 12.6. The molecule has 8 N–H and O–H groups in total. The molecule has 0 saturated carbocycles. The van der Waals surface area contributed by atoms with Crippen molar-refractivity contribution in [3.05, 3.63) is 26.4 Å². The zero-order chi connectivity index (χ0) is 24.8. The van der Waals surface area contributed by atoms with Crippen LogP contribution in [0.3, 0.4) is 0 Å². The lowest BCUT2D eigenvalue weighted by molar-refractivity contribution is -0.342. The van der Waals surface area contributed by atoms with E-state index in [9.17, 15) is 50.4 Å². The second-order valence-electron chi connectivity index (χ2n) is 8.00. The van der Waals surface area contributed by atoms with Crippen LogP contribution in [-0.2, 0) is 28.3 Å². The summed E-state index contributed by atoms with van der Waals surface area (Å²) in [6.45, 7) is -1.56. The van der Waals surface area contributed by atoms with Gasteiger partial charge in [0.1, 0.15) is 60.5 Å². The maximum Gasteiger partial charge on any atom is 0.333 e. The van der Waals surface area contributed by atoms with Gasteiger partial charge in [-0.3, -0.25) is 13.9 Å². The Hall–Kier alpha value is -1.92. The molecule has 0 aliphatic carbocycles. The van der Waals surface area contributed by atoms with E-state index < -0.39 is 97.1 Å². The molecule has 3 rings (SSSR count). The Morgan fingerprint density at radius 2 is 1.42 bits per heavy atom. The lowest BCUT2D eigenvalue weighted by Crippen LogP contribution is -2.63. The molecule has 0 aromatic carbocycles. The van der Waals surface area contributed by atoms with Crippen molar-refractivity contribution < 1.29 is 55.1 Å². The summed E-state index contributed by atoms with van der Waals surface area (Å²) in [5.74, 6) is -0.815. The molecule has 2 saturated heterocycles. The molecule has 1 aromatic rings. The molecule has 15 heteroatoms. The number of ether oxygens (including phenoxy) is 3. The van der Waals surface area contributed by atoms with Gasteiger partial charge >= 0.3 is 5.69 Å². The van der Waals surface area contributed by atoms with E-state index in [0.717, 1.165) is 11.6 Å². The van der Waals surface area contributed by atoms with Crippen LogP contribution in [0.1, 0.15) is 11.7 Å². The smallest absolute Gasteiger partial charge is 0.333 e. The number of aromatic nitrogens is 2. The Morgan fingerprint density at radius 3 is 2.00 bits per heavy atom. The van der Waals surface area contributed by atoms with Gasteiger partial charge in [-0.2, -0.15) is 0 Å². The number of hydrogen-bond donors (Lipinski definition) is 8. The van der Waals surface area contributed by atoms with E-state index in [1.807, 2.05) is 0 Å². The van der Waals surface area contributed by atoms with Crippen LogP contribution in [0.2, 0.25) is 0 Å². The van der Waals surface area contributed by atoms with E-state index in [0.29, 0.717) is 4.57 Å². The Bertz CT molecular complexity index is 960. The zero-order valence-electron chi connectivity index (χ0n) is 17.7. The molecule has 3 heterocycles. The predicted molar refractivity (Wildman–Crippen MR) is 104 cm³/mol. The largest absolute Gasteiger partial charge is 0.494 e. The van der Waals surface area contributed by atoms with Crippen molar-refractivity contribution in [3.8, 4) is 5.88 Å². The van der Waals surface area contributed by atoms with Crippen molar-refractivity contribution >= 4 is 0 Å². The van der Waals surface area contributed by atoms with E-state index in [1.54, 1.807) is 0 Å². The Labute approximate surface area is 185 Å². The SMILES string of the molecule is Cn1c(O)c([C@@H]2O[C@H](CO)[C@@H](O[C@H]3O[C@H](CO)[C@H](O)[C@H](O)[C@H]3O)[C@H](O)[C@H]2O)c(=O)n(C)c1=O. The third-order valence-corrected chi connectivity index (χ3v) is 5.96. The minimum atomic E-state index is -1.92. The van der Waals surface area contributed by atoms with Crippen molar-refractivity contribution in [2.75, 3.05) is 13.2 Å². The van der Waals surface area contributed by atoms with Crippen LogP contribution in [0.15, 0.2) is 9.59 Å². The van der Waals surface area contributed by atoms with Gasteiger partial charge in [0.15, 0.2) is 6.29 Å². The first-order valence-electron chi connectivity index (χ1n) is 10.0. The first kappa shape index (κ1) is 25.7. The van der Waals surface area contributed by atoms with Crippen LogP contribution in [0.25, 0.3) is 0 Å². The van der Waals surface area contributed by atoms with Crippen molar-refractivity contribution in [1.82, 2.24) is 9.13 Å². The second kappa shape index (κ2) is 9.75. The highest BCUT2D eigenvalue weighted by Crippen LogP contribution is 2.36. The van der Waals surface area contributed by atoms with Gasteiger partial charge in [-0.15, -0.1) is 0 Å². The number of hydrogen-bond acceptors (Lipinski definition) is 13. The normalized spacial score (nSPS) is 39.5. The number of nitrogens with zero attached hydrogens (tertiary/aromatic N) is 2. The summed E-state index contributed by atoms with van der Waals surface area (Å²) in [5.41, 5.74) is -2.40. The van der Waals surface area contributed by atoms with Crippen molar-refractivity contribution in [3.63, 3.8) is 0 Å². The third kappa shape index (κ3) is 4.32. The summed E-state index contributed by atoms with van der Waals surface area (Å²) in [6, 6.07) is 0. The van der Waals surface area contributed by atoms with Gasteiger partial charge in [0.2, 0.25) is 5.88 Å². The topological polar surface area (TPSA) is 234 Å². The summed E-state index contributed by atoms with van der Waals surface area (Å²) < 4.78 is 17.6. The summed E-state index contributed by atoms with van der Waals surface area (Å²) in [4.78, 5) is 24.6. The monoisotopic (exact) mass is 480 g/mol. The maximum absolute atomic E-state index is 12.6. The molecular weight excluding hydrogens is 452 g/mol. The summed E-state index contributed by atoms with van der Waals surface area (Å²) in [6.07, 6.45) is -16.8. The molecule has 2 aliphatic heterocycles. The van der Waals surface area contributed by atoms with Crippen LogP contribution >= 0.6 is 0 Å². The Kier molecular flexibility index (Phi) is 7.59. The summed E-state index contributed by atoms with van der Waals surface area (Å²) in [5, 5.41) is 80.7. The van der Waals surface area contributed by atoms with Gasteiger partial charge in [0.25, 0.3) is 5.56 Å². The second-order valence-corrected chi connectivity index (χ2v) is 8.00. The molecule has 0 spiro atoms. The molecule has 0 unspecified atom stereocenters. The van der Waals surface area contributed by atoms with Gasteiger partial charge in [-0.25, -0.2) is 4.79 Å². The number of aromatic hydroxyl groups is 1. The third-order valence-electron chi connectivity index (χ3n) is 5.96. The molecule has 188 valence electrons. The van der Waals surface area contributed by atoms with Crippen molar-refractivity contribution in [1.29, 1.82) is 0 Å². The van der Waals surface area contributed by atoms with E-state index in [4.69, 9.17) is 14.2 Å². The standard InChI is InChI=1S/C18H28N2O13/c1-19-15(28)7(16(29)20(2)18(19)30)14-11(26)10(25)13(6(4-22)31-14)33-17-12(27)9(24)8(23)5(3-21)32-17/h5-6,8-14,17,21-28H,3-4H2,1-2H3/t5-,6-,8+,9+,10-,11-,12-,13-,14+,17-/m1/s1. The number of aliphatic hydroxyl groups excluding tert-OH is 7. The van der Waals surface area contributed by atoms with Gasteiger partial charge in [0, 0.05) is 14.1 Å². The minimum absolute atomic E-state index is 0.545. The van der Waals surface area contributed by atoms with Gasteiger partial charge in [-0.1, -0.05) is 0 Å². The average molecular weight is 480 g/mol. The highest BCUT2D eigenvalue weighted by molar-refractivity contribution is 5.28. The molecule has 15 nitrogen and oxygen atoms in total. The van der Waals surface area contributed by atoms with Crippen molar-refractivity contribution in [2.45, 2.75) is 61.2 Å². The average Bonchev–Trinajstić information content (AvgIpc) is 2.80. The molecule has 10 atom stereocenters. The fourth-order valence-corrected chi connectivity index (χ4v) is 3.94. The molecule has 0 radical (unpaired) electrons. The lowest BCUT2D eigenvalue weighted by Gasteiger charge is -2.46. The first-order valence-corrected chi connectivity index (χ1v) is 10.0. The molecule has 33 heavy (non-hydrogen) atoms. The Morgan fingerprint density at radius 1 is 0.818 bits per heavy atom. The summed E-state index contributed by atoms with van der Waals surface area (Å²) >= 11 is 0. The quantitative estimate of drug-likeness (QED) is 0.196. The summed E-state index contributed by atoms with van der Waals surface area (Å²) in [7, 11) is 2.30. The molecule has 0 amide bonds. The zero-order valence-corrected chi connectivity index (χ0v) is 17.7. The van der Waals surface area contributed by atoms with Crippen molar-refractivity contribution in [2.24, 2.45) is 14.1 Å². The number of aliphatic hydroxyl groups is 7. The molecular formula is C18H28N2O13.